The molecule has 0 unspecified atom stereocenters. The van der Waals surface area contributed by atoms with Gasteiger partial charge < -0.3 is 15.2 Å². The van der Waals surface area contributed by atoms with Gasteiger partial charge in [0.15, 0.2) is 16.1 Å². The first-order chi connectivity index (χ1) is 14.6. The van der Waals surface area contributed by atoms with Crippen molar-refractivity contribution in [2.75, 3.05) is 11.1 Å². The van der Waals surface area contributed by atoms with Gasteiger partial charge in [-0.15, -0.1) is 21.5 Å². The van der Waals surface area contributed by atoms with Gasteiger partial charge in [-0.25, -0.2) is 4.98 Å². The Bertz CT molecular complexity index is 1040. The van der Waals surface area contributed by atoms with E-state index in [1.54, 1.807) is 23.7 Å². The van der Waals surface area contributed by atoms with Crippen molar-refractivity contribution in [2.45, 2.75) is 25.2 Å². The van der Waals surface area contributed by atoms with Crippen LogP contribution >= 0.6 is 34.7 Å². The molecule has 0 spiro atoms. The molecule has 0 aliphatic rings. The van der Waals surface area contributed by atoms with Gasteiger partial charge in [-0.05, 0) is 24.6 Å². The molecule has 2 N–H and O–H groups in total. The lowest BCUT2D eigenvalue weighted by Crippen LogP contribution is -2.22. The lowest BCUT2D eigenvalue weighted by Gasteiger charge is -2.07. The number of hydrogen-bond acceptors (Lipinski definition) is 7. The Labute approximate surface area is 186 Å². The number of carbonyl (C=O) groups excluding carboxylic acids is 2. The van der Waals surface area contributed by atoms with Gasteiger partial charge in [0.2, 0.25) is 11.8 Å². The lowest BCUT2D eigenvalue weighted by molar-refractivity contribution is -0.116. The predicted octanol–water partition coefficient (Wildman–Crippen LogP) is 3.47. The SMILES string of the molecule is CCn1c(CNC(=O)/C=C/c2ccccc2Cl)nnc1SCC(=O)Nc1nccs1. The number of thiazole rings is 1. The zero-order chi connectivity index (χ0) is 21.3. The molecule has 156 valence electrons. The summed E-state index contributed by atoms with van der Waals surface area (Å²) in [6.07, 6.45) is 4.71. The van der Waals surface area contributed by atoms with E-state index < -0.39 is 0 Å². The van der Waals surface area contributed by atoms with Crippen molar-refractivity contribution in [3.05, 3.63) is 58.3 Å². The summed E-state index contributed by atoms with van der Waals surface area (Å²) in [7, 11) is 0. The Morgan fingerprint density at radius 1 is 1.30 bits per heavy atom. The second-order valence-electron chi connectivity index (χ2n) is 5.89. The molecule has 1 aromatic carbocycles. The third kappa shape index (κ3) is 6.15. The number of carbonyl (C=O) groups is 2. The smallest absolute Gasteiger partial charge is 0.244 e. The molecule has 3 rings (SSSR count). The van der Waals surface area contributed by atoms with Crippen LogP contribution in [0.5, 0.6) is 0 Å². The van der Waals surface area contributed by atoms with Crippen LogP contribution in [-0.4, -0.2) is 37.3 Å². The summed E-state index contributed by atoms with van der Waals surface area (Å²) in [5.74, 6) is 0.363. The summed E-state index contributed by atoms with van der Waals surface area (Å²) in [6, 6.07) is 7.27. The average molecular weight is 463 g/mol. The summed E-state index contributed by atoms with van der Waals surface area (Å²) < 4.78 is 1.86. The fraction of sp³-hybridized carbons (Fsp3) is 0.211. The fourth-order valence-corrected chi connectivity index (χ4v) is 4.01. The Morgan fingerprint density at radius 3 is 2.87 bits per heavy atom. The van der Waals surface area contributed by atoms with E-state index in [2.05, 4.69) is 25.8 Å². The number of thioether (sulfide) groups is 1. The Morgan fingerprint density at radius 2 is 2.13 bits per heavy atom. The Balaban J connectivity index is 1.53. The van der Waals surface area contributed by atoms with E-state index in [0.29, 0.717) is 27.7 Å². The minimum Gasteiger partial charge on any atom is -0.345 e. The number of nitrogens with one attached hydrogen (secondary N) is 2. The van der Waals surface area contributed by atoms with Gasteiger partial charge in [-0.1, -0.05) is 41.6 Å². The summed E-state index contributed by atoms with van der Waals surface area (Å²) >= 11 is 8.71. The van der Waals surface area contributed by atoms with Crippen LogP contribution in [0.4, 0.5) is 5.13 Å². The number of halogens is 1. The van der Waals surface area contributed by atoms with Crippen LogP contribution in [0.25, 0.3) is 6.08 Å². The molecule has 3 aromatic rings. The molecule has 30 heavy (non-hydrogen) atoms. The number of nitrogens with zero attached hydrogens (tertiary/aromatic N) is 4. The van der Waals surface area contributed by atoms with Crippen LogP contribution < -0.4 is 10.6 Å². The number of amides is 2. The number of benzene rings is 1. The number of hydrogen-bond donors (Lipinski definition) is 2. The third-order valence-electron chi connectivity index (χ3n) is 3.86. The standard InChI is InChI=1S/C19H19ClN6O2S2/c1-2-26-15(11-22-16(27)8-7-13-5-3-4-6-14(13)20)24-25-19(26)30-12-17(28)23-18-21-9-10-29-18/h3-10H,2,11-12H2,1H3,(H,22,27)(H,21,23,28)/b8-7+. The average Bonchev–Trinajstić information content (AvgIpc) is 3.39. The van der Waals surface area contributed by atoms with E-state index in [0.717, 1.165) is 5.56 Å². The summed E-state index contributed by atoms with van der Waals surface area (Å²) in [5, 5.41) is 17.3. The highest BCUT2D eigenvalue weighted by Gasteiger charge is 2.14. The van der Waals surface area contributed by atoms with E-state index in [4.69, 9.17) is 11.6 Å². The van der Waals surface area contributed by atoms with Crippen molar-refractivity contribution in [3.8, 4) is 0 Å². The van der Waals surface area contributed by atoms with Crippen molar-refractivity contribution in [3.63, 3.8) is 0 Å². The minimum absolute atomic E-state index is 0.167. The second-order valence-corrected chi connectivity index (χ2v) is 8.13. The molecular formula is C19H19ClN6O2S2. The molecule has 0 saturated carbocycles. The Hall–Kier alpha value is -2.69. The molecule has 0 fully saturated rings. The van der Waals surface area contributed by atoms with Crippen LogP contribution in [0, 0.1) is 0 Å². The van der Waals surface area contributed by atoms with Gasteiger partial charge in [-0.2, -0.15) is 0 Å². The predicted molar refractivity (Wildman–Crippen MR) is 119 cm³/mol. The highest BCUT2D eigenvalue weighted by molar-refractivity contribution is 7.99. The first-order valence-electron chi connectivity index (χ1n) is 9.01. The van der Waals surface area contributed by atoms with E-state index in [1.165, 1.54) is 29.2 Å². The Kier molecular flexibility index (Phi) is 8.00. The van der Waals surface area contributed by atoms with Gasteiger partial charge in [0, 0.05) is 29.2 Å². The van der Waals surface area contributed by atoms with Crippen LogP contribution in [0.2, 0.25) is 5.02 Å². The molecular weight excluding hydrogens is 444 g/mol. The first kappa shape index (κ1) is 22.0. The van der Waals surface area contributed by atoms with Gasteiger partial charge in [0.25, 0.3) is 0 Å². The molecule has 2 aromatic heterocycles. The van der Waals surface area contributed by atoms with Gasteiger partial charge in [-0.3, -0.25) is 9.59 Å². The minimum atomic E-state index is -0.266. The molecule has 0 bridgehead atoms. The van der Waals surface area contributed by atoms with Crippen LogP contribution in [0.1, 0.15) is 18.3 Å². The van der Waals surface area contributed by atoms with Gasteiger partial charge >= 0.3 is 0 Å². The number of rotatable bonds is 9. The van der Waals surface area contributed by atoms with Crippen LogP contribution in [0.15, 0.2) is 47.1 Å². The monoisotopic (exact) mass is 462 g/mol. The summed E-state index contributed by atoms with van der Waals surface area (Å²) in [6.45, 7) is 2.79. The summed E-state index contributed by atoms with van der Waals surface area (Å²) in [4.78, 5) is 28.2. The van der Waals surface area contributed by atoms with Crippen molar-refractivity contribution in [1.29, 1.82) is 0 Å². The first-order valence-corrected chi connectivity index (χ1v) is 11.3. The fourth-order valence-electron chi connectivity index (χ4n) is 2.45. The largest absolute Gasteiger partial charge is 0.345 e. The van der Waals surface area contributed by atoms with Crippen molar-refractivity contribution < 1.29 is 9.59 Å². The number of anilines is 1. The topological polar surface area (TPSA) is 102 Å². The van der Waals surface area contributed by atoms with Crippen molar-refractivity contribution >= 4 is 57.7 Å². The molecule has 2 amide bonds. The number of aromatic nitrogens is 4. The van der Waals surface area contributed by atoms with E-state index in [1.807, 2.05) is 29.7 Å². The maximum atomic E-state index is 12.1. The van der Waals surface area contributed by atoms with E-state index in [-0.39, 0.29) is 24.1 Å². The van der Waals surface area contributed by atoms with Crippen LogP contribution in [-0.2, 0) is 22.7 Å². The molecule has 8 nitrogen and oxygen atoms in total. The third-order valence-corrected chi connectivity index (χ3v) is 5.86. The maximum Gasteiger partial charge on any atom is 0.244 e. The normalized spacial score (nSPS) is 11.0. The highest BCUT2D eigenvalue weighted by Crippen LogP contribution is 2.19. The molecule has 0 radical (unpaired) electrons. The van der Waals surface area contributed by atoms with Crippen molar-refractivity contribution in [2.24, 2.45) is 0 Å². The molecule has 0 atom stereocenters. The highest BCUT2D eigenvalue weighted by atomic mass is 35.5. The molecule has 0 aliphatic heterocycles. The quantitative estimate of drug-likeness (QED) is 0.373. The zero-order valence-corrected chi connectivity index (χ0v) is 18.4. The molecule has 0 saturated heterocycles. The van der Waals surface area contributed by atoms with Gasteiger partial charge in [0.05, 0.1) is 12.3 Å². The van der Waals surface area contributed by atoms with Gasteiger partial charge in [0.1, 0.15) is 0 Å². The summed E-state index contributed by atoms with van der Waals surface area (Å²) in [5.41, 5.74) is 0.765. The molecule has 2 heterocycles. The van der Waals surface area contributed by atoms with E-state index in [9.17, 15) is 9.59 Å². The van der Waals surface area contributed by atoms with Crippen molar-refractivity contribution in [1.82, 2.24) is 25.1 Å². The second kappa shape index (κ2) is 10.9. The van der Waals surface area contributed by atoms with E-state index >= 15 is 0 Å². The molecule has 11 heteroatoms. The van der Waals surface area contributed by atoms with Crippen LogP contribution in [0.3, 0.4) is 0 Å². The maximum absolute atomic E-state index is 12.1. The lowest BCUT2D eigenvalue weighted by atomic mass is 10.2. The molecule has 0 aliphatic carbocycles. The zero-order valence-electron chi connectivity index (χ0n) is 16.0.